The van der Waals surface area contributed by atoms with Gasteiger partial charge in [-0.2, -0.15) is 0 Å². The Bertz CT molecular complexity index is 885. The van der Waals surface area contributed by atoms with Crippen molar-refractivity contribution in [2.24, 2.45) is 0 Å². The molecule has 1 aromatic heterocycles. The molecule has 0 bridgehead atoms. The zero-order valence-corrected chi connectivity index (χ0v) is 17.5. The second kappa shape index (κ2) is 7.74. The molecule has 28 heavy (non-hydrogen) atoms. The van der Waals surface area contributed by atoms with Crippen LogP contribution in [0.3, 0.4) is 0 Å². The summed E-state index contributed by atoms with van der Waals surface area (Å²) in [6.45, 7) is 11.0. The van der Waals surface area contributed by atoms with Crippen molar-refractivity contribution in [1.82, 2.24) is 10.3 Å². The highest BCUT2D eigenvalue weighted by Gasteiger charge is 2.52. The van der Waals surface area contributed by atoms with Crippen LogP contribution in [0, 0.1) is 0 Å². The van der Waals surface area contributed by atoms with E-state index in [9.17, 15) is 4.79 Å². The standard InChI is InChI=1S/C21H29BN2O4/c1-7-26-19(25)18-12-15-9-8-14(11-17(15)24-18)10-16(13-23-6)22-27-20(2,3)21(4,5)28-22/h8-12,23-24H,7,13H2,1-6H3. The molecule has 0 atom stereocenters. The zero-order chi connectivity index (χ0) is 20.5. The van der Waals surface area contributed by atoms with Crippen molar-refractivity contribution >= 4 is 30.1 Å². The first-order chi connectivity index (χ1) is 13.2. The Kier molecular flexibility index (Phi) is 5.70. The number of nitrogens with one attached hydrogen (secondary N) is 2. The van der Waals surface area contributed by atoms with E-state index in [4.69, 9.17) is 14.0 Å². The van der Waals surface area contributed by atoms with E-state index < -0.39 is 7.12 Å². The maximum atomic E-state index is 12.0. The predicted octanol–water partition coefficient (Wildman–Crippen LogP) is 3.58. The lowest BCUT2D eigenvalue weighted by molar-refractivity contribution is 0.00578. The highest BCUT2D eigenvalue weighted by molar-refractivity contribution is 6.55. The van der Waals surface area contributed by atoms with Crippen molar-refractivity contribution in [3.05, 3.63) is 41.0 Å². The Morgan fingerprint density at radius 2 is 1.89 bits per heavy atom. The monoisotopic (exact) mass is 384 g/mol. The molecule has 7 heteroatoms. The molecule has 2 N–H and O–H groups in total. The number of esters is 1. The van der Waals surface area contributed by atoms with Gasteiger partial charge in [0.1, 0.15) is 5.69 Å². The van der Waals surface area contributed by atoms with Crippen molar-refractivity contribution < 1.29 is 18.8 Å². The SMILES string of the molecule is CCOC(=O)c1cc2ccc(C=C(CNC)B3OC(C)(C)C(C)(C)O3)cc2[nH]1. The third-order valence-electron chi connectivity index (χ3n) is 5.43. The van der Waals surface area contributed by atoms with Crippen LogP contribution >= 0.6 is 0 Å². The topological polar surface area (TPSA) is 72.6 Å². The average Bonchev–Trinajstić information content (AvgIpc) is 3.12. The van der Waals surface area contributed by atoms with E-state index in [2.05, 4.69) is 16.4 Å². The molecule has 0 radical (unpaired) electrons. The van der Waals surface area contributed by atoms with E-state index in [0.29, 0.717) is 18.8 Å². The first kappa shape index (κ1) is 20.6. The van der Waals surface area contributed by atoms with Gasteiger partial charge in [-0.25, -0.2) is 4.79 Å². The van der Waals surface area contributed by atoms with Crippen molar-refractivity contribution in [2.75, 3.05) is 20.2 Å². The first-order valence-electron chi connectivity index (χ1n) is 9.67. The van der Waals surface area contributed by atoms with Crippen LogP contribution in [0.2, 0.25) is 0 Å². The van der Waals surface area contributed by atoms with Crippen LogP contribution in [0.15, 0.2) is 29.7 Å². The van der Waals surface area contributed by atoms with Crippen LogP contribution in [0.25, 0.3) is 17.0 Å². The molecule has 1 aromatic carbocycles. The van der Waals surface area contributed by atoms with E-state index in [1.54, 1.807) is 6.92 Å². The summed E-state index contributed by atoms with van der Waals surface area (Å²) in [4.78, 5) is 15.1. The van der Waals surface area contributed by atoms with Gasteiger partial charge in [0, 0.05) is 17.4 Å². The summed E-state index contributed by atoms with van der Waals surface area (Å²) in [7, 11) is 1.49. The number of benzene rings is 1. The van der Waals surface area contributed by atoms with Gasteiger partial charge in [0.05, 0.1) is 17.8 Å². The van der Waals surface area contributed by atoms with E-state index in [0.717, 1.165) is 21.9 Å². The number of fused-ring (bicyclic) bond motifs is 1. The minimum absolute atomic E-state index is 0.344. The lowest BCUT2D eigenvalue weighted by atomic mass is 9.77. The fourth-order valence-electron chi connectivity index (χ4n) is 3.17. The van der Waals surface area contributed by atoms with E-state index in [1.165, 1.54) is 0 Å². The molecular weight excluding hydrogens is 355 g/mol. The minimum Gasteiger partial charge on any atom is -0.461 e. The van der Waals surface area contributed by atoms with E-state index in [-0.39, 0.29) is 17.2 Å². The van der Waals surface area contributed by atoms with Crippen LogP contribution in [0.1, 0.15) is 50.7 Å². The van der Waals surface area contributed by atoms with Gasteiger partial charge in [-0.15, -0.1) is 0 Å². The largest absolute Gasteiger partial charge is 0.491 e. The summed E-state index contributed by atoms with van der Waals surface area (Å²) < 4.78 is 17.5. The molecule has 0 spiro atoms. The van der Waals surface area contributed by atoms with Crippen LogP contribution in [0.4, 0.5) is 0 Å². The third kappa shape index (κ3) is 4.02. The van der Waals surface area contributed by atoms with Crippen LogP contribution < -0.4 is 5.32 Å². The number of hydrogen-bond donors (Lipinski definition) is 2. The second-order valence-electron chi connectivity index (χ2n) is 8.09. The van der Waals surface area contributed by atoms with Gasteiger partial charge in [-0.1, -0.05) is 18.2 Å². The van der Waals surface area contributed by atoms with Gasteiger partial charge < -0.3 is 24.3 Å². The second-order valence-corrected chi connectivity index (χ2v) is 8.09. The Balaban J connectivity index is 1.90. The number of aromatic amines is 1. The van der Waals surface area contributed by atoms with Gasteiger partial charge in [0.15, 0.2) is 0 Å². The fraction of sp³-hybridized carbons (Fsp3) is 0.476. The van der Waals surface area contributed by atoms with Gasteiger partial charge in [-0.3, -0.25) is 0 Å². The molecule has 2 aromatic rings. The summed E-state index contributed by atoms with van der Waals surface area (Å²) >= 11 is 0. The molecular formula is C21H29BN2O4. The predicted molar refractivity (Wildman–Crippen MR) is 112 cm³/mol. The summed E-state index contributed by atoms with van der Waals surface area (Å²) in [6.07, 6.45) is 2.07. The zero-order valence-electron chi connectivity index (χ0n) is 17.5. The highest BCUT2D eigenvalue weighted by Crippen LogP contribution is 2.38. The molecule has 1 aliphatic heterocycles. The van der Waals surface area contributed by atoms with Crippen molar-refractivity contribution in [3.63, 3.8) is 0 Å². The smallest absolute Gasteiger partial charge is 0.461 e. The number of carbonyl (C=O) groups excluding carboxylic acids is 1. The lowest BCUT2D eigenvalue weighted by Gasteiger charge is -2.32. The van der Waals surface area contributed by atoms with Crippen molar-refractivity contribution in [1.29, 1.82) is 0 Å². The molecule has 0 amide bonds. The maximum Gasteiger partial charge on any atom is 0.491 e. The number of hydrogen-bond acceptors (Lipinski definition) is 5. The number of likely N-dealkylation sites (N-methyl/N-ethyl adjacent to an activating group) is 1. The van der Waals surface area contributed by atoms with Gasteiger partial charge >= 0.3 is 13.1 Å². The molecule has 1 fully saturated rings. The van der Waals surface area contributed by atoms with Crippen molar-refractivity contribution in [3.8, 4) is 0 Å². The number of rotatable bonds is 6. The molecule has 6 nitrogen and oxygen atoms in total. The number of H-pyrrole nitrogens is 1. The normalized spacial score (nSPS) is 18.6. The van der Waals surface area contributed by atoms with E-state index >= 15 is 0 Å². The quantitative estimate of drug-likeness (QED) is 0.589. The summed E-state index contributed by atoms with van der Waals surface area (Å²) in [5, 5.41) is 4.16. The van der Waals surface area contributed by atoms with Crippen LogP contribution in [0.5, 0.6) is 0 Å². The molecule has 1 aliphatic rings. The number of aromatic nitrogens is 1. The summed E-state index contributed by atoms with van der Waals surface area (Å²) in [6, 6.07) is 7.83. The highest BCUT2D eigenvalue weighted by atomic mass is 16.7. The average molecular weight is 384 g/mol. The van der Waals surface area contributed by atoms with Crippen LogP contribution in [-0.2, 0) is 14.0 Å². The van der Waals surface area contributed by atoms with Gasteiger partial charge in [-0.05, 0) is 64.8 Å². The molecule has 2 heterocycles. The van der Waals surface area contributed by atoms with Gasteiger partial charge in [0.2, 0.25) is 0 Å². The number of carbonyl (C=O) groups is 1. The molecule has 1 saturated heterocycles. The lowest BCUT2D eigenvalue weighted by Crippen LogP contribution is -2.41. The maximum absolute atomic E-state index is 12.0. The minimum atomic E-state index is -0.410. The summed E-state index contributed by atoms with van der Waals surface area (Å²) in [5.74, 6) is -0.344. The summed E-state index contributed by atoms with van der Waals surface area (Å²) in [5.41, 5.74) is 2.58. The third-order valence-corrected chi connectivity index (χ3v) is 5.43. The van der Waals surface area contributed by atoms with E-state index in [1.807, 2.05) is 59.0 Å². The first-order valence-corrected chi connectivity index (χ1v) is 9.67. The Labute approximate surface area is 166 Å². The Morgan fingerprint density at radius 1 is 1.21 bits per heavy atom. The van der Waals surface area contributed by atoms with Crippen molar-refractivity contribution in [2.45, 2.75) is 45.8 Å². The molecule has 0 aliphatic carbocycles. The van der Waals surface area contributed by atoms with Gasteiger partial charge in [0.25, 0.3) is 0 Å². The molecule has 0 saturated carbocycles. The fourth-order valence-corrected chi connectivity index (χ4v) is 3.17. The Morgan fingerprint density at radius 3 is 2.50 bits per heavy atom. The molecule has 3 rings (SSSR count). The Hall–Kier alpha value is -2.09. The molecule has 0 unspecified atom stereocenters. The molecule has 150 valence electrons. The number of ether oxygens (including phenoxy) is 1. The van der Waals surface area contributed by atoms with Crippen LogP contribution in [-0.4, -0.2) is 49.5 Å².